The number of rotatable bonds is 7. The molecule has 2 aliphatic heterocycles. The molecule has 15 heteroatoms. The number of aromatic nitrogens is 4. The van der Waals surface area contributed by atoms with Crippen molar-refractivity contribution in [1.29, 1.82) is 0 Å². The number of likely N-dealkylation sites (tertiary alicyclic amines) is 1. The van der Waals surface area contributed by atoms with Gasteiger partial charge >= 0.3 is 6.18 Å². The lowest BCUT2D eigenvalue weighted by molar-refractivity contribution is -0.137. The normalized spacial score (nSPS) is 19.8. The summed E-state index contributed by atoms with van der Waals surface area (Å²) < 4.78 is 68.0. The zero-order chi connectivity index (χ0) is 28.7. The third kappa shape index (κ3) is 6.57. The van der Waals surface area contributed by atoms with Crippen molar-refractivity contribution in [3.05, 3.63) is 53.1 Å². The Bertz CT molecular complexity index is 1480. The molecule has 0 spiro atoms. The van der Waals surface area contributed by atoms with Crippen molar-refractivity contribution < 1.29 is 26.7 Å². The highest BCUT2D eigenvalue weighted by Gasteiger charge is 2.36. The average Bonchev–Trinajstić information content (AvgIpc) is 3.52. The molecule has 10 nitrogen and oxygen atoms in total. The number of benzene rings is 1. The van der Waals surface area contributed by atoms with Gasteiger partial charge < -0.3 is 15.0 Å². The van der Waals surface area contributed by atoms with E-state index in [4.69, 9.17) is 11.6 Å². The smallest absolute Gasteiger partial charge is 0.392 e. The Morgan fingerprint density at radius 1 is 1.15 bits per heavy atom. The van der Waals surface area contributed by atoms with E-state index in [1.165, 1.54) is 21.4 Å². The predicted molar refractivity (Wildman–Crippen MR) is 144 cm³/mol. The molecule has 4 heterocycles. The number of alkyl halides is 3. The maximum absolute atomic E-state index is 13.9. The topological polar surface area (TPSA) is 116 Å². The molecule has 5 rings (SSSR count). The summed E-state index contributed by atoms with van der Waals surface area (Å²) >= 11 is 6.54. The van der Waals surface area contributed by atoms with E-state index in [-0.39, 0.29) is 29.5 Å². The van der Waals surface area contributed by atoms with E-state index < -0.39 is 21.8 Å². The Morgan fingerprint density at radius 3 is 2.52 bits per heavy atom. The number of anilines is 1. The number of imidazole rings is 1. The molecule has 2 aromatic heterocycles. The molecule has 1 atom stereocenters. The number of nitrogens with zero attached hydrogens (tertiary/aromatic N) is 6. The molecule has 2 aliphatic rings. The third-order valence-corrected chi connectivity index (χ3v) is 8.73. The van der Waals surface area contributed by atoms with Crippen LogP contribution in [0.1, 0.15) is 30.4 Å². The van der Waals surface area contributed by atoms with Gasteiger partial charge in [0.25, 0.3) is 0 Å². The minimum absolute atomic E-state index is 0.00383. The highest BCUT2D eigenvalue weighted by molar-refractivity contribution is 7.88. The van der Waals surface area contributed by atoms with E-state index in [0.717, 1.165) is 31.0 Å². The highest BCUT2D eigenvalue weighted by atomic mass is 35.5. The van der Waals surface area contributed by atoms with Crippen LogP contribution < -0.4 is 5.32 Å². The minimum Gasteiger partial charge on any atom is -0.392 e. The van der Waals surface area contributed by atoms with Crippen molar-refractivity contribution in [1.82, 2.24) is 28.7 Å². The van der Waals surface area contributed by atoms with Crippen molar-refractivity contribution in [2.24, 2.45) is 0 Å². The van der Waals surface area contributed by atoms with Crippen LogP contribution in [0.25, 0.3) is 17.1 Å². The Balaban J connectivity index is 1.36. The monoisotopic (exact) mass is 599 g/mol. The summed E-state index contributed by atoms with van der Waals surface area (Å²) in [7, 11) is -3.30. The molecule has 2 saturated heterocycles. The average molecular weight is 600 g/mol. The summed E-state index contributed by atoms with van der Waals surface area (Å²) in [4.78, 5) is 14.4. The zero-order valence-corrected chi connectivity index (χ0v) is 23.2. The molecule has 0 radical (unpaired) electrons. The van der Waals surface area contributed by atoms with Crippen molar-refractivity contribution >= 4 is 27.6 Å². The molecule has 1 aromatic carbocycles. The molecular weight excluding hydrogens is 571 g/mol. The van der Waals surface area contributed by atoms with Gasteiger partial charge in [0.1, 0.15) is 23.3 Å². The van der Waals surface area contributed by atoms with E-state index in [1.54, 1.807) is 12.1 Å². The van der Waals surface area contributed by atoms with Crippen LogP contribution in [-0.2, 0) is 22.7 Å². The molecule has 2 N–H and O–H groups in total. The molecular formula is C25H29ClF3N7O3S. The Labute approximate surface area is 234 Å². The predicted octanol–water partition coefficient (Wildman–Crippen LogP) is 3.40. The van der Waals surface area contributed by atoms with Crippen LogP contribution in [0.5, 0.6) is 0 Å². The minimum atomic E-state index is -4.71. The number of halogens is 4. The second kappa shape index (κ2) is 11.2. The summed E-state index contributed by atoms with van der Waals surface area (Å²) in [5.41, 5.74) is 0.0959. The van der Waals surface area contributed by atoms with Gasteiger partial charge in [0.05, 0.1) is 23.1 Å². The number of sulfonamides is 1. The van der Waals surface area contributed by atoms with Crippen molar-refractivity contribution in [3.63, 3.8) is 0 Å². The molecule has 0 bridgehead atoms. The van der Waals surface area contributed by atoms with Crippen LogP contribution in [0.3, 0.4) is 0 Å². The SMILES string of the molecule is CS(=O)(=O)N1CCC(Nc2ncc(C(F)(F)F)c(-c3cn(-c4ccc(CN5CC[C@@H](O)C5)cc4Cl)cn3)n2)CC1. The molecule has 0 saturated carbocycles. The summed E-state index contributed by atoms with van der Waals surface area (Å²) in [5.74, 6) is 0.00442. The fourth-order valence-corrected chi connectivity index (χ4v) is 6.19. The Hall–Kier alpha value is -2.78. The van der Waals surface area contributed by atoms with Crippen LogP contribution in [0, 0.1) is 0 Å². The zero-order valence-electron chi connectivity index (χ0n) is 21.6. The number of β-amino-alcohol motifs (C(OH)–C–C–N with tert-alkyl or cyclic N) is 1. The second-order valence-corrected chi connectivity index (χ2v) is 12.6. The van der Waals surface area contributed by atoms with Crippen LogP contribution in [0.2, 0.25) is 5.02 Å². The fourth-order valence-electron chi connectivity index (χ4n) is 5.02. The van der Waals surface area contributed by atoms with E-state index in [0.29, 0.717) is 49.7 Å². The van der Waals surface area contributed by atoms with Gasteiger partial charge in [0.15, 0.2) is 0 Å². The Kier molecular flexibility index (Phi) is 8.08. The molecule has 0 amide bonds. The highest BCUT2D eigenvalue weighted by Crippen LogP contribution is 2.36. The van der Waals surface area contributed by atoms with Gasteiger partial charge in [-0.25, -0.2) is 27.7 Å². The van der Waals surface area contributed by atoms with Gasteiger partial charge in [0.2, 0.25) is 16.0 Å². The maximum Gasteiger partial charge on any atom is 0.420 e. The van der Waals surface area contributed by atoms with Crippen LogP contribution in [0.15, 0.2) is 36.9 Å². The summed E-state index contributed by atoms with van der Waals surface area (Å²) in [5, 5.41) is 13.2. The van der Waals surface area contributed by atoms with E-state index in [2.05, 4.69) is 25.2 Å². The first-order valence-corrected chi connectivity index (χ1v) is 15.0. The lowest BCUT2D eigenvalue weighted by Crippen LogP contribution is -2.42. The van der Waals surface area contributed by atoms with E-state index in [1.807, 2.05) is 6.07 Å². The molecule has 3 aromatic rings. The standard InChI is InChI=1S/C25H29ClF3N7O3S/c1-40(38,39)36-8-4-17(5-9-36)32-24-30-11-19(25(27,28)29)23(33-24)21-14-35(15-31-21)22-3-2-16(10-20(22)26)12-34-7-6-18(37)13-34/h2-3,10-11,14-15,17-18,37H,4-9,12-13H2,1H3,(H,30,32,33)/t18-/m1/s1. The largest absolute Gasteiger partial charge is 0.420 e. The lowest BCUT2D eigenvalue weighted by atomic mass is 10.1. The van der Waals surface area contributed by atoms with Crippen molar-refractivity contribution in [2.45, 2.75) is 44.1 Å². The van der Waals surface area contributed by atoms with Gasteiger partial charge in [0, 0.05) is 51.2 Å². The molecule has 2 fully saturated rings. The molecule has 0 aliphatic carbocycles. The second-order valence-electron chi connectivity index (χ2n) is 10.2. The first kappa shape index (κ1) is 28.7. The van der Waals surface area contributed by atoms with Crippen LogP contribution in [-0.4, -0.2) is 86.8 Å². The fraction of sp³-hybridized carbons (Fsp3) is 0.480. The molecule has 0 unspecified atom stereocenters. The van der Waals surface area contributed by atoms with Gasteiger partial charge in [-0.05, 0) is 37.0 Å². The lowest BCUT2D eigenvalue weighted by Gasteiger charge is -2.30. The van der Waals surface area contributed by atoms with Gasteiger partial charge in [-0.1, -0.05) is 17.7 Å². The summed E-state index contributed by atoms with van der Waals surface area (Å²) in [6, 6.07) is 5.26. The van der Waals surface area contributed by atoms with Crippen LogP contribution in [0.4, 0.5) is 19.1 Å². The number of nitrogens with one attached hydrogen (secondary N) is 1. The van der Waals surface area contributed by atoms with Gasteiger partial charge in [-0.2, -0.15) is 13.2 Å². The quantitative estimate of drug-likeness (QED) is 0.425. The molecule has 40 heavy (non-hydrogen) atoms. The number of piperidine rings is 1. The number of hydrogen-bond acceptors (Lipinski definition) is 8. The summed E-state index contributed by atoms with van der Waals surface area (Å²) in [6.45, 7) is 2.62. The van der Waals surface area contributed by atoms with Crippen LogP contribution >= 0.6 is 11.6 Å². The number of hydrogen-bond donors (Lipinski definition) is 2. The maximum atomic E-state index is 13.9. The number of aliphatic hydroxyl groups is 1. The number of aliphatic hydroxyl groups excluding tert-OH is 1. The van der Waals surface area contributed by atoms with Crippen molar-refractivity contribution in [3.8, 4) is 17.1 Å². The summed E-state index contributed by atoms with van der Waals surface area (Å²) in [6.07, 6.45) is 1.31. The van der Waals surface area contributed by atoms with Gasteiger partial charge in [-0.3, -0.25) is 4.90 Å². The van der Waals surface area contributed by atoms with E-state index >= 15 is 0 Å². The van der Waals surface area contributed by atoms with E-state index in [9.17, 15) is 26.7 Å². The molecule has 216 valence electrons. The first-order chi connectivity index (χ1) is 18.9. The Morgan fingerprint density at radius 2 is 1.90 bits per heavy atom. The third-order valence-electron chi connectivity index (χ3n) is 7.12. The first-order valence-electron chi connectivity index (χ1n) is 12.8. The van der Waals surface area contributed by atoms with Crippen molar-refractivity contribution in [2.75, 3.05) is 37.8 Å². The van der Waals surface area contributed by atoms with Gasteiger partial charge in [-0.15, -0.1) is 0 Å².